The molecule has 3 nitrogen and oxygen atoms in total. The average molecular weight is 278 g/mol. The molecule has 3 heteroatoms. The number of benzene rings is 1. The van der Waals surface area contributed by atoms with Crippen molar-refractivity contribution in [3.05, 3.63) is 28.8 Å². The Bertz CT molecular complexity index is 502. The third-order valence-electron chi connectivity index (χ3n) is 3.43. The number of hydrogen-bond donors (Lipinski definition) is 2. The van der Waals surface area contributed by atoms with E-state index in [4.69, 9.17) is 5.11 Å². The lowest BCUT2D eigenvalue weighted by Crippen LogP contribution is -2.22. The van der Waals surface area contributed by atoms with Crippen molar-refractivity contribution in [2.24, 2.45) is 0 Å². The molecule has 0 spiro atoms. The number of phenols is 1. The Kier molecular flexibility index (Phi) is 4.52. The molecule has 0 aliphatic heterocycles. The number of aryl methyl sites for hydroxylation is 1. The second-order valence-electron chi connectivity index (χ2n) is 7.39. The lowest BCUT2D eigenvalue weighted by molar-refractivity contribution is -0.136. The molecular weight excluding hydrogens is 252 g/mol. The van der Waals surface area contributed by atoms with Crippen LogP contribution in [0.25, 0.3) is 0 Å². The van der Waals surface area contributed by atoms with Crippen molar-refractivity contribution < 1.29 is 15.0 Å². The number of aliphatic carboxylic acids is 1. The topological polar surface area (TPSA) is 57.5 Å². The van der Waals surface area contributed by atoms with E-state index in [0.29, 0.717) is 12.0 Å². The summed E-state index contributed by atoms with van der Waals surface area (Å²) >= 11 is 0. The smallest absolute Gasteiger partial charge is 0.303 e. The Hall–Kier alpha value is -1.51. The lowest BCUT2D eigenvalue weighted by Gasteiger charge is -2.31. The van der Waals surface area contributed by atoms with Crippen LogP contribution in [-0.4, -0.2) is 16.2 Å². The zero-order valence-electron chi connectivity index (χ0n) is 13.4. The first-order valence-electron chi connectivity index (χ1n) is 7.02. The molecular formula is C17H26O3. The molecule has 20 heavy (non-hydrogen) atoms. The van der Waals surface area contributed by atoms with Crippen molar-refractivity contribution in [3.8, 4) is 5.75 Å². The standard InChI is InChI=1S/C17H26O3/c1-16(2,3)12-9-7-11(8-10-13(18)19)15(20)14(12)17(4,5)6/h7,9,20H,8,10H2,1-6H3,(H,18,19). The van der Waals surface area contributed by atoms with E-state index in [1.807, 2.05) is 12.1 Å². The molecule has 0 bridgehead atoms. The van der Waals surface area contributed by atoms with Crippen LogP contribution in [0.4, 0.5) is 0 Å². The third kappa shape index (κ3) is 3.75. The van der Waals surface area contributed by atoms with Gasteiger partial charge in [0.15, 0.2) is 0 Å². The summed E-state index contributed by atoms with van der Waals surface area (Å²) in [6, 6.07) is 3.88. The fourth-order valence-corrected chi connectivity index (χ4v) is 2.46. The van der Waals surface area contributed by atoms with Crippen LogP contribution in [0, 0.1) is 0 Å². The first kappa shape index (κ1) is 16.5. The van der Waals surface area contributed by atoms with E-state index in [2.05, 4.69) is 41.5 Å². The van der Waals surface area contributed by atoms with Crippen LogP contribution in [0.5, 0.6) is 5.75 Å². The van der Waals surface area contributed by atoms with Gasteiger partial charge in [-0.3, -0.25) is 4.79 Å². The van der Waals surface area contributed by atoms with Gasteiger partial charge in [0, 0.05) is 12.0 Å². The second kappa shape index (κ2) is 5.47. The first-order valence-corrected chi connectivity index (χ1v) is 7.02. The van der Waals surface area contributed by atoms with Crippen molar-refractivity contribution in [2.45, 2.75) is 65.2 Å². The summed E-state index contributed by atoms with van der Waals surface area (Å²) in [6.45, 7) is 12.6. The van der Waals surface area contributed by atoms with Crippen molar-refractivity contribution >= 4 is 5.97 Å². The maximum absolute atomic E-state index is 10.7. The molecule has 0 atom stereocenters. The van der Waals surface area contributed by atoms with Crippen molar-refractivity contribution in [3.63, 3.8) is 0 Å². The van der Waals surface area contributed by atoms with E-state index in [9.17, 15) is 9.90 Å². The summed E-state index contributed by atoms with van der Waals surface area (Å²) in [5.41, 5.74) is 2.50. The Balaban J connectivity index is 3.40. The average Bonchev–Trinajstić information content (AvgIpc) is 2.23. The summed E-state index contributed by atoms with van der Waals surface area (Å²) in [5.74, 6) is -0.590. The van der Waals surface area contributed by atoms with Crippen LogP contribution in [-0.2, 0) is 22.0 Å². The maximum Gasteiger partial charge on any atom is 0.303 e. The van der Waals surface area contributed by atoms with Gasteiger partial charge in [-0.15, -0.1) is 0 Å². The highest BCUT2D eigenvalue weighted by Gasteiger charge is 2.29. The molecule has 0 unspecified atom stereocenters. The molecule has 0 radical (unpaired) electrons. The van der Waals surface area contributed by atoms with Gasteiger partial charge in [-0.05, 0) is 28.4 Å². The fraction of sp³-hybridized carbons (Fsp3) is 0.588. The number of rotatable bonds is 3. The molecule has 0 fully saturated rings. The van der Waals surface area contributed by atoms with Gasteiger partial charge in [0.25, 0.3) is 0 Å². The van der Waals surface area contributed by atoms with Gasteiger partial charge in [0.05, 0.1) is 0 Å². The highest BCUT2D eigenvalue weighted by molar-refractivity contribution is 5.67. The Morgan fingerprint density at radius 3 is 2.00 bits per heavy atom. The maximum atomic E-state index is 10.7. The normalized spacial score (nSPS) is 12.5. The molecule has 0 aromatic heterocycles. The van der Waals surface area contributed by atoms with Crippen molar-refractivity contribution in [1.29, 1.82) is 0 Å². The number of carboxylic acids is 1. The summed E-state index contributed by atoms with van der Waals surface area (Å²) in [6.07, 6.45) is 0.390. The van der Waals surface area contributed by atoms with Crippen LogP contribution in [0.2, 0.25) is 0 Å². The molecule has 0 saturated heterocycles. The summed E-state index contributed by atoms with van der Waals surface area (Å²) in [7, 11) is 0. The second-order valence-corrected chi connectivity index (χ2v) is 7.39. The summed E-state index contributed by atoms with van der Waals surface area (Å²) in [4.78, 5) is 10.7. The van der Waals surface area contributed by atoms with Gasteiger partial charge >= 0.3 is 5.97 Å². The van der Waals surface area contributed by atoms with Crippen LogP contribution in [0.1, 0.15) is 64.7 Å². The van der Waals surface area contributed by atoms with E-state index >= 15 is 0 Å². The van der Waals surface area contributed by atoms with E-state index < -0.39 is 5.97 Å². The number of phenolic OH excluding ortho intramolecular Hbond substituents is 1. The van der Waals surface area contributed by atoms with Crippen molar-refractivity contribution in [1.82, 2.24) is 0 Å². The molecule has 0 amide bonds. The van der Waals surface area contributed by atoms with Gasteiger partial charge < -0.3 is 10.2 Å². The van der Waals surface area contributed by atoms with Crippen LogP contribution < -0.4 is 0 Å². The number of carbonyl (C=O) groups is 1. The number of carboxylic acid groups (broad SMARTS) is 1. The van der Waals surface area contributed by atoms with Gasteiger partial charge in [-0.1, -0.05) is 53.7 Å². The number of aromatic hydroxyl groups is 1. The molecule has 1 aromatic carbocycles. The lowest BCUT2D eigenvalue weighted by atomic mass is 9.74. The molecule has 1 rings (SSSR count). The van der Waals surface area contributed by atoms with Gasteiger partial charge in [-0.2, -0.15) is 0 Å². The monoisotopic (exact) mass is 278 g/mol. The highest BCUT2D eigenvalue weighted by Crippen LogP contribution is 2.41. The quantitative estimate of drug-likeness (QED) is 0.878. The van der Waals surface area contributed by atoms with E-state index in [1.54, 1.807) is 0 Å². The van der Waals surface area contributed by atoms with Gasteiger partial charge in [-0.25, -0.2) is 0 Å². The van der Waals surface area contributed by atoms with Crippen LogP contribution in [0.3, 0.4) is 0 Å². The molecule has 0 aliphatic carbocycles. The predicted molar refractivity (Wildman–Crippen MR) is 81.5 cm³/mol. The van der Waals surface area contributed by atoms with Crippen LogP contribution in [0.15, 0.2) is 12.1 Å². The molecule has 1 aromatic rings. The Labute approximate surface area is 121 Å². The van der Waals surface area contributed by atoms with E-state index in [0.717, 1.165) is 11.1 Å². The van der Waals surface area contributed by atoms with Gasteiger partial charge in [0.1, 0.15) is 5.75 Å². The fourth-order valence-electron chi connectivity index (χ4n) is 2.46. The van der Waals surface area contributed by atoms with Crippen molar-refractivity contribution in [2.75, 3.05) is 0 Å². The molecule has 0 saturated carbocycles. The third-order valence-corrected chi connectivity index (χ3v) is 3.43. The zero-order chi connectivity index (χ0) is 15.7. The molecule has 0 heterocycles. The zero-order valence-corrected chi connectivity index (χ0v) is 13.4. The Morgan fingerprint density at radius 2 is 1.60 bits per heavy atom. The predicted octanol–water partition coefficient (Wildman–Crippen LogP) is 4.00. The minimum absolute atomic E-state index is 0.0337. The number of hydrogen-bond acceptors (Lipinski definition) is 2. The van der Waals surface area contributed by atoms with E-state index in [1.165, 1.54) is 0 Å². The van der Waals surface area contributed by atoms with Crippen LogP contribution >= 0.6 is 0 Å². The molecule has 2 N–H and O–H groups in total. The minimum Gasteiger partial charge on any atom is -0.507 e. The summed E-state index contributed by atoms with van der Waals surface area (Å²) in [5, 5.41) is 19.4. The highest BCUT2D eigenvalue weighted by atomic mass is 16.4. The first-order chi connectivity index (χ1) is 8.94. The molecule has 112 valence electrons. The summed E-state index contributed by atoms with van der Waals surface area (Å²) < 4.78 is 0. The largest absolute Gasteiger partial charge is 0.507 e. The molecule has 0 aliphatic rings. The Morgan fingerprint density at radius 1 is 1.05 bits per heavy atom. The minimum atomic E-state index is -0.846. The SMILES string of the molecule is CC(C)(C)c1ccc(CCC(=O)O)c(O)c1C(C)(C)C. The van der Waals surface area contributed by atoms with Gasteiger partial charge in [0.2, 0.25) is 0 Å². The van der Waals surface area contributed by atoms with E-state index in [-0.39, 0.29) is 23.0 Å².